The smallest absolute Gasteiger partial charge is 0.370 e. The molecule has 9 nitrogen and oxygen atoms in total. The Morgan fingerprint density at radius 1 is 0.479 bits per heavy atom. The molecular weight excluding hydrogens is 612 g/mol. The van der Waals surface area contributed by atoms with E-state index in [1.807, 2.05) is 0 Å². The Kier molecular flexibility index (Phi) is 34.3. The van der Waals surface area contributed by atoms with E-state index in [9.17, 15) is 24.9 Å². The second-order valence-electron chi connectivity index (χ2n) is 12.4. The van der Waals surface area contributed by atoms with Crippen molar-refractivity contribution in [3.05, 3.63) is 48.6 Å². The predicted octanol–water partition coefficient (Wildman–Crippen LogP) is 8.87. The zero-order valence-electron chi connectivity index (χ0n) is 30.1. The van der Waals surface area contributed by atoms with Crippen molar-refractivity contribution in [1.82, 2.24) is 0 Å². The van der Waals surface area contributed by atoms with Crippen LogP contribution in [0.2, 0.25) is 0 Å². The lowest BCUT2D eigenvalue weighted by Crippen LogP contribution is -2.28. The van der Waals surface area contributed by atoms with E-state index < -0.39 is 43.5 Å². The highest BCUT2D eigenvalue weighted by molar-refractivity contribution is 5.73. The fraction of sp³-hybridized carbons (Fsp3) is 0.744. The first-order valence-electron chi connectivity index (χ1n) is 18.7. The third-order valence-electron chi connectivity index (χ3n) is 7.70. The van der Waals surface area contributed by atoms with Gasteiger partial charge >= 0.3 is 11.9 Å². The molecule has 0 aliphatic carbocycles. The van der Waals surface area contributed by atoms with Gasteiger partial charge in [0.15, 0.2) is 12.2 Å². The lowest BCUT2D eigenvalue weighted by atomic mass is 10.1. The molecule has 0 saturated heterocycles. The van der Waals surface area contributed by atoms with Crippen LogP contribution >= 0.6 is 0 Å². The van der Waals surface area contributed by atoms with Crippen molar-refractivity contribution < 1.29 is 44.5 Å². The SMILES string of the molecule is CCCCC/C=C\C/C=C\CCCCCCC(O)C(=O)OOCC(O)COOC(=O)C(O)CCCCCC/C=C\C/C=C\CCCCC. The van der Waals surface area contributed by atoms with Crippen LogP contribution in [-0.4, -0.2) is 58.8 Å². The van der Waals surface area contributed by atoms with Gasteiger partial charge in [-0.05, 0) is 77.0 Å². The van der Waals surface area contributed by atoms with Crippen LogP contribution in [0.15, 0.2) is 48.6 Å². The molecule has 0 aliphatic heterocycles. The molecule has 0 fully saturated rings. The summed E-state index contributed by atoms with van der Waals surface area (Å²) in [5, 5.41) is 29.8. The number of aliphatic hydroxyl groups excluding tert-OH is 3. The molecule has 0 radical (unpaired) electrons. The Labute approximate surface area is 291 Å². The van der Waals surface area contributed by atoms with Crippen LogP contribution in [0.5, 0.6) is 0 Å². The quantitative estimate of drug-likeness (QED) is 0.0264. The van der Waals surface area contributed by atoms with Gasteiger partial charge in [-0.15, -0.1) is 0 Å². The molecule has 2 atom stereocenters. The van der Waals surface area contributed by atoms with Crippen LogP contribution in [0.4, 0.5) is 0 Å². The van der Waals surface area contributed by atoms with Crippen LogP contribution in [0.3, 0.4) is 0 Å². The molecule has 0 aromatic heterocycles. The second-order valence-corrected chi connectivity index (χ2v) is 12.4. The van der Waals surface area contributed by atoms with Crippen molar-refractivity contribution >= 4 is 11.9 Å². The number of allylic oxidation sites excluding steroid dienone is 8. The summed E-state index contributed by atoms with van der Waals surface area (Å²) in [6, 6.07) is 0. The number of unbranched alkanes of at least 4 members (excludes halogenated alkanes) is 14. The van der Waals surface area contributed by atoms with E-state index in [2.05, 4.69) is 72.2 Å². The summed E-state index contributed by atoms with van der Waals surface area (Å²) in [5.74, 6) is -1.86. The minimum atomic E-state index is -1.31. The van der Waals surface area contributed by atoms with Crippen LogP contribution in [-0.2, 0) is 29.1 Å². The number of carbonyl (C=O) groups is 2. The molecule has 0 amide bonds. The number of carbonyl (C=O) groups excluding carboxylic acids is 2. The van der Waals surface area contributed by atoms with Gasteiger partial charge in [0, 0.05) is 0 Å². The van der Waals surface area contributed by atoms with Crippen LogP contribution in [0.25, 0.3) is 0 Å². The number of rotatable bonds is 34. The van der Waals surface area contributed by atoms with Crippen LogP contribution in [0.1, 0.15) is 155 Å². The molecule has 0 heterocycles. The molecule has 2 unspecified atom stereocenters. The van der Waals surface area contributed by atoms with Crippen molar-refractivity contribution in [2.45, 2.75) is 173 Å². The molecule has 0 saturated carbocycles. The fourth-order valence-electron chi connectivity index (χ4n) is 4.68. The summed E-state index contributed by atoms with van der Waals surface area (Å²) in [5.41, 5.74) is 0. The second kappa shape index (κ2) is 36.0. The Balaban J connectivity index is 3.69. The number of hydrogen-bond donors (Lipinski definition) is 3. The van der Waals surface area contributed by atoms with Gasteiger partial charge in [-0.3, -0.25) is 9.78 Å². The van der Waals surface area contributed by atoms with Crippen molar-refractivity contribution in [1.29, 1.82) is 0 Å². The average molecular weight is 681 g/mol. The van der Waals surface area contributed by atoms with E-state index in [0.717, 1.165) is 77.0 Å². The number of hydrogen-bond acceptors (Lipinski definition) is 9. The largest absolute Gasteiger partial charge is 0.388 e. The van der Waals surface area contributed by atoms with E-state index in [1.54, 1.807) is 0 Å². The molecule has 9 heteroatoms. The third kappa shape index (κ3) is 32.3. The molecule has 278 valence electrons. The van der Waals surface area contributed by atoms with Gasteiger partial charge in [0.2, 0.25) is 0 Å². The lowest BCUT2D eigenvalue weighted by Gasteiger charge is -2.13. The summed E-state index contributed by atoms with van der Waals surface area (Å²) in [4.78, 5) is 42.3. The monoisotopic (exact) mass is 680 g/mol. The molecule has 0 spiro atoms. The van der Waals surface area contributed by atoms with Gasteiger partial charge in [-0.1, -0.05) is 127 Å². The summed E-state index contributed by atoms with van der Waals surface area (Å²) >= 11 is 0. The highest BCUT2D eigenvalue weighted by Crippen LogP contribution is 2.11. The zero-order chi connectivity index (χ0) is 35.3. The maximum absolute atomic E-state index is 11.9. The normalized spacial score (nSPS) is 14.0. The lowest BCUT2D eigenvalue weighted by molar-refractivity contribution is -0.310. The topological polar surface area (TPSA) is 132 Å². The van der Waals surface area contributed by atoms with Crippen molar-refractivity contribution in [2.24, 2.45) is 0 Å². The summed E-state index contributed by atoms with van der Waals surface area (Å²) in [7, 11) is 0. The molecular formula is C39H68O9. The average Bonchev–Trinajstić information content (AvgIpc) is 3.08. The molecule has 48 heavy (non-hydrogen) atoms. The first kappa shape index (κ1) is 45.7. The molecule has 0 aliphatic rings. The van der Waals surface area contributed by atoms with E-state index in [-0.39, 0.29) is 12.8 Å². The van der Waals surface area contributed by atoms with Gasteiger partial charge in [-0.25, -0.2) is 9.59 Å². The maximum Gasteiger partial charge on any atom is 0.370 e. The van der Waals surface area contributed by atoms with E-state index in [1.165, 1.54) is 38.5 Å². The zero-order valence-corrected chi connectivity index (χ0v) is 30.1. The summed E-state index contributed by atoms with van der Waals surface area (Å²) < 4.78 is 0. The minimum absolute atomic E-state index is 0.263. The molecule has 0 bridgehead atoms. The van der Waals surface area contributed by atoms with E-state index in [4.69, 9.17) is 9.78 Å². The molecule has 0 aromatic rings. The van der Waals surface area contributed by atoms with Gasteiger partial charge in [-0.2, -0.15) is 9.78 Å². The first-order chi connectivity index (χ1) is 23.4. The number of aliphatic hydroxyl groups is 3. The first-order valence-corrected chi connectivity index (χ1v) is 18.7. The van der Waals surface area contributed by atoms with Crippen molar-refractivity contribution in [3.8, 4) is 0 Å². The van der Waals surface area contributed by atoms with Gasteiger partial charge in [0.1, 0.15) is 19.3 Å². The standard InChI is InChI=1S/C39H68O9/c1-3-5-7-9-11-13-15-17-19-21-23-25-27-29-31-36(41)38(43)47-45-33-35(40)34-46-48-39(44)37(42)32-30-28-26-24-22-20-18-16-14-12-10-8-6-4-2/h11-14,17-20,35-37,40-42H,3-10,15-16,21-34H2,1-2H3/b13-11-,14-12-,19-17-,20-18-. The molecule has 3 N–H and O–H groups in total. The Hall–Kier alpha value is -2.30. The van der Waals surface area contributed by atoms with Gasteiger partial charge in [0.05, 0.1) is 0 Å². The Bertz CT molecular complexity index is 784. The summed E-state index contributed by atoms with van der Waals surface area (Å²) in [6.07, 6.45) is 35.6. The van der Waals surface area contributed by atoms with Crippen LogP contribution < -0.4 is 0 Å². The van der Waals surface area contributed by atoms with Crippen molar-refractivity contribution in [3.63, 3.8) is 0 Å². The van der Waals surface area contributed by atoms with E-state index >= 15 is 0 Å². The summed E-state index contributed by atoms with van der Waals surface area (Å²) in [6.45, 7) is 3.55. The van der Waals surface area contributed by atoms with Gasteiger partial charge in [0.25, 0.3) is 0 Å². The van der Waals surface area contributed by atoms with Crippen LogP contribution in [0, 0.1) is 0 Å². The molecule has 0 aromatic carbocycles. The molecule has 0 rings (SSSR count). The Morgan fingerprint density at radius 3 is 1.17 bits per heavy atom. The maximum atomic E-state index is 11.9. The van der Waals surface area contributed by atoms with Crippen molar-refractivity contribution in [2.75, 3.05) is 13.2 Å². The highest BCUT2D eigenvalue weighted by atomic mass is 17.2. The fourth-order valence-corrected chi connectivity index (χ4v) is 4.68. The van der Waals surface area contributed by atoms with Gasteiger partial charge < -0.3 is 15.3 Å². The Morgan fingerprint density at radius 2 is 0.812 bits per heavy atom. The van der Waals surface area contributed by atoms with E-state index in [0.29, 0.717) is 12.8 Å². The third-order valence-corrected chi connectivity index (χ3v) is 7.70. The highest BCUT2D eigenvalue weighted by Gasteiger charge is 2.20. The predicted molar refractivity (Wildman–Crippen MR) is 192 cm³/mol. The minimum Gasteiger partial charge on any atom is -0.388 e.